The van der Waals surface area contributed by atoms with Gasteiger partial charge >= 0.3 is 0 Å². The number of pyridine rings is 2. The smallest absolute Gasteiger partial charge is 0.236 e. The van der Waals surface area contributed by atoms with E-state index in [0.717, 1.165) is 101 Å². The second-order valence-corrected chi connectivity index (χ2v) is 23.7. The third-order valence-corrected chi connectivity index (χ3v) is 15.4. The molecule has 19 nitrogen and oxygen atoms in total. The van der Waals surface area contributed by atoms with Crippen LogP contribution in [0.3, 0.4) is 0 Å². The van der Waals surface area contributed by atoms with Gasteiger partial charge in [-0.3, -0.25) is 0 Å². The average molecular weight is 1130 g/mol. The predicted octanol–water partition coefficient (Wildman–Crippen LogP) is 16.8. The van der Waals surface area contributed by atoms with Crippen LogP contribution in [0.15, 0.2) is 81.3 Å². The van der Waals surface area contributed by atoms with E-state index in [0.29, 0.717) is 40.2 Å². The molecule has 20 heteroatoms. The lowest BCUT2D eigenvalue weighted by molar-refractivity contribution is 0.558. The van der Waals surface area contributed by atoms with E-state index >= 15 is 0 Å². The molecule has 0 bridgehead atoms. The summed E-state index contributed by atoms with van der Waals surface area (Å²) in [6.45, 7) is 34.3. The molecular formula is C64H67N19S. The molecular weight excluding hydrogens is 1070 g/mol. The van der Waals surface area contributed by atoms with E-state index in [1.165, 1.54) is 21.1 Å². The molecule has 9 rings (SSSR count). The normalized spacial score (nSPS) is 11.6. The molecule has 3 N–H and O–H groups in total. The first kappa shape index (κ1) is 58.7. The minimum Gasteiger partial charge on any atom is -0.339 e. The zero-order valence-corrected chi connectivity index (χ0v) is 51.7. The number of azo groups is 2. The fraction of sp³-hybridized carbons (Fsp3) is 0.297. The Morgan fingerprint density at radius 3 is 1.46 bits per heavy atom. The molecule has 424 valence electrons. The van der Waals surface area contributed by atoms with Crippen LogP contribution in [-0.2, 0) is 5.41 Å². The summed E-state index contributed by atoms with van der Waals surface area (Å²) in [6.07, 6.45) is 1.48. The summed E-state index contributed by atoms with van der Waals surface area (Å²) >= 11 is 1.10. The number of nitrogens with zero attached hydrogens (tertiary/aromatic N) is 16. The third kappa shape index (κ3) is 11.6. The van der Waals surface area contributed by atoms with Crippen molar-refractivity contribution in [2.75, 3.05) is 27.9 Å². The molecule has 0 saturated heterocycles. The number of nitrogens with one attached hydrogen (secondary N) is 3. The van der Waals surface area contributed by atoms with E-state index in [2.05, 4.69) is 155 Å². The van der Waals surface area contributed by atoms with E-state index in [1.54, 1.807) is 6.92 Å². The number of hydrogen-bond donors (Lipinski definition) is 3. The van der Waals surface area contributed by atoms with Gasteiger partial charge in [0.1, 0.15) is 46.5 Å². The topological polar surface area (TPSA) is 247 Å². The summed E-state index contributed by atoms with van der Waals surface area (Å²) in [5.74, 6) is 1.96. The molecule has 0 amide bonds. The highest BCUT2D eigenvalue weighted by atomic mass is 32.1. The highest BCUT2D eigenvalue weighted by Crippen LogP contribution is 2.43. The summed E-state index contributed by atoms with van der Waals surface area (Å²) in [5.41, 5.74) is 18.9. The largest absolute Gasteiger partial charge is 0.339 e. The zero-order valence-electron chi connectivity index (χ0n) is 50.8. The van der Waals surface area contributed by atoms with Crippen LogP contribution in [0, 0.1) is 131 Å². The lowest BCUT2D eigenvalue weighted by atomic mass is 9.90. The summed E-state index contributed by atoms with van der Waals surface area (Å²) in [4.78, 5) is 12.3. The Balaban J connectivity index is 1.12. The lowest BCUT2D eigenvalue weighted by Crippen LogP contribution is -2.15. The fourth-order valence-electron chi connectivity index (χ4n) is 10.9. The van der Waals surface area contributed by atoms with Gasteiger partial charge in [0, 0.05) is 40.8 Å². The van der Waals surface area contributed by atoms with E-state index < -0.39 is 5.41 Å². The Kier molecular flexibility index (Phi) is 16.1. The first-order chi connectivity index (χ1) is 39.8. The van der Waals surface area contributed by atoms with Gasteiger partial charge in [0.25, 0.3) is 0 Å². The van der Waals surface area contributed by atoms with Gasteiger partial charge in [-0.05, 0) is 153 Å². The van der Waals surface area contributed by atoms with Crippen LogP contribution in [0.1, 0.15) is 121 Å². The average Bonchev–Trinajstić information content (AvgIpc) is 3.81. The van der Waals surface area contributed by atoms with Crippen molar-refractivity contribution in [1.29, 1.82) is 15.8 Å². The number of anilines is 8. The molecule has 5 aromatic heterocycles. The number of rotatable bonds is 14. The summed E-state index contributed by atoms with van der Waals surface area (Å²) in [7, 11) is 2.01. The van der Waals surface area contributed by atoms with Gasteiger partial charge in [-0.1, -0.05) is 103 Å². The van der Waals surface area contributed by atoms with Gasteiger partial charge in [-0.25, -0.2) is 14.6 Å². The van der Waals surface area contributed by atoms with Crippen molar-refractivity contribution >= 4 is 80.4 Å². The molecule has 0 unspecified atom stereocenters. The SMILES string of the molecule is Cc1cc(C)c(Nc2nc(Nc3c(C)cc(C)cc3C)c(N=Nc3nn(-c4nnc(-n5nc(C(C)(C)C)c(C#N)c5N=Nc5c(C)cc(N(C)c6c(C)cc(C)cc6C)nc5Nc5c(C)cc(C)cc5C)s4)cc3C#N)c(C)c2C#N)c(C)c1. The van der Waals surface area contributed by atoms with Crippen LogP contribution in [0.5, 0.6) is 0 Å². The molecule has 0 fully saturated rings. The Labute approximate surface area is 494 Å². The second-order valence-electron chi connectivity index (χ2n) is 22.8. The highest BCUT2D eigenvalue weighted by Gasteiger charge is 2.30. The molecule has 0 atom stereocenters. The molecule has 0 aliphatic heterocycles. The quantitative estimate of drug-likeness (QED) is 0.0858. The van der Waals surface area contributed by atoms with Gasteiger partial charge in [0.2, 0.25) is 16.1 Å². The monoisotopic (exact) mass is 1130 g/mol. The molecule has 5 heterocycles. The molecule has 9 aromatic rings. The van der Waals surface area contributed by atoms with Crippen molar-refractivity contribution in [1.82, 2.24) is 39.7 Å². The number of hydrogen-bond acceptors (Lipinski definition) is 18. The number of aryl methyl sites for hydroxylation is 13. The van der Waals surface area contributed by atoms with E-state index in [9.17, 15) is 15.8 Å². The molecule has 4 aromatic carbocycles. The predicted molar refractivity (Wildman–Crippen MR) is 334 cm³/mol. The summed E-state index contributed by atoms with van der Waals surface area (Å²) in [5, 5.41) is 80.8. The molecule has 0 aliphatic rings. The van der Waals surface area contributed by atoms with Crippen molar-refractivity contribution in [2.45, 2.75) is 123 Å². The van der Waals surface area contributed by atoms with Gasteiger partial charge in [0.05, 0.1) is 17.5 Å². The van der Waals surface area contributed by atoms with Crippen LogP contribution in [-0.4, -0.2) is 46.8 Å². The van der Waals surface area contributed by atoms with E-state index in [-0.39, 0.29) is 44.3 Å². The maximum Gasteiger partial charge on any atom is 0.236 e. The van der Waals surface area contributed by atoms with Crippen molar-refractivity contribution in [3.05, 3.63) is 161 Å². The lowest BCUT2D eigenvalue weighted by Gasteiger charge is -2.25. The second kappa shape index (κ2) is 23.1. The first-order valence-electron chi connectivity index (χ1n) is 27.3. The Hall–Kier alpha value is -9.97. The number of benzene rings is 4. The Morgan fingerprint density at radius 1 is 0.512 bits per heavy atom. The molecule has 0 saturated carbocycles. The minimum atomic E-state index is -0.605. The van der Waals surface area contributed by atoms with Crippen molar-refractivity contribution < 1.29 is 0 Å². The third-order valence-electron chi connectivity index (χ3n) is 14.5. The minimum absolute atomic E-state index is 0.0185. The number of aromatic nitrogens is 8. The molecule has 0 spiro atoms. The maximum absolute atomic E-state index is 10.9. The Bertz CT molecular complexity index is 4240. The van der Waals surface area contributed by atoms with Crippen LogP contribution in [0.25, 0.3) is 10.3 Å². The van der Waals surface area contributed by atoms with E-state index in [1.807, 2.05) is 82.4 Å². The van der Waals surface area contributed by atoms with Gasteiger partial charge in [-0.15, -0.1) is 35.8 Å². The molecule has 84 heavy (non-hydrogen) atoms. The van der Waals surface area contributed by atoms with Crippen LogP contribution < -0.4 is 20.9 Å². The standard InChI is InChI=1S/C64H67N19S/c1-32-19-36(5)50(37(6)20-32)69-58-47(29-66)45(14)54(60(72-58)71-52-40(9)23-34(3)24-41(52)10)74-75-57-46(28-65)31-82(80-57)62-77-78-63(84-62)83-61(48(30-67)56(79-83)64(15,16)17)76-73-53-42(11)27-49(81(18)55-43(12)25-35(4)26-44(55)13)68-59(53)70-51-38(7)21-33(2)22-39(51)8/h19-27,31H,1-18H3,(H,68,70)(H2,69,71,72). The fourth-order valence-corrected chi connectivity index (χ4v) is 11.7. The Morgan fingerprint density at radius 2 is 0.976 bits per heavy atom. The van der Waals surface area contributed by atoms with Crippen LogP contribution in [0.4, 0.5) is 69.0 Å². The zero-order chi connectivity index (χ0) is 60.8. The molecule has 0 radical (unpaired) electrons. The van der Waals surface area contributed by atoms with Crippen LogP contribution >= 0.6 is 11.3 Å². The summed E-state index contributed by atoms with van der Waals surface area (Å²) < 4.78 is 2.85. The van der Waals surface area contributed by atoms with Crippen molar-refractivity contribution in [2.24, 2.45) is 20.5 Å². The summed E-state index contributed by atoms with van der Waals surface area (Å²) in [6, 6.07) is 25.8. The first-order valence-corrected chi connectivity index (χ1v) is 28.1. The van der Waals surface area contributed by atoms with Gasteiger partial charge < -0.3 is 20.9 Å². The highest BCUT2D eigenvalue weighted by molar-refractivity contribution is 7.16. The van der Waals surface area contributed by atoms with Crippen LogP contribution in [0.2, 0.25) is 0 Å². The van der Waals surface area contributed by atoms with Crippen molar-refractivity contribution in [3.63, 3.8) is 0 Å². The van der Waals surface area contributed by atoms with Gasteiger partial charge in [-0.2, -0.15) is 25.6 Å². The van der Waals surface area contributed by atoms with E-state index in [4.69, 9.17) is 25.3 Å². The van der Waals surface area contributed by atoms with Gasteiger partial charge in [0.15, 0.2) is 23.3 Å². The number of nitriles is 3. The maximum atomic E-state index is 10.9. The molecule has 0 aliphatic carbocycles. The van der Waals surface area contributed by atoms with Crippen molar-refractivity contribution in [3.8, 4) is 28.5 Å².